The molecule has 0 saturated carbocycles. The molecule has 0 spiro atoms. The highest BCUT2D eigenvalue weighted by molar-refractivity contribution is 5.78. The summed E-state index contributed by atoms with van der Waals surface area (Å²) in [5.74, 6) is 1.06. The van der Waals surface area contributed by atoms with E-state index in [1.54, 1.807) is 0 Å². The number of hydrogen-bond acceptors (Lipinski definition) is 4. The van der Waals surface area contributed by atoms with Gasteiger partial charge in [-0.3, -0.25) is 9.69 Å². The Morgan fingerprint density at radius 3 is 3.05 bits per heavy atom. The van der Waals surface area contributed by atoms with Crippen molar-refractivity contribution >= 4 is 5.91 Å². The topological polar surface area (TPSA) is 44.8 Å². The van der Waals surface area contributed by atoms with E-state index in [1.807, 2.05) is 18.2 Å². The minimum atomic E-state index is 0.0806. The Bertz CT molecular complexity index is 520. The third kappa shape index (κ3) is 3.99. The van der Waals surface area contributed by atoms with Crippen LogP contribution in [0.15, 0.2) is 24.3 Å². The molecule has 1 N–H and O–H groups in total. The molecule has 1 atom stereocenters. The fourth-order valence-corrected chi connectivity index (χ4v) is 3.16. The number of likely N-dealkylation sites (N-methyl/N-ethyl adjacent to an activating group) is 1. The quantitative estimate of drug-likeness (QED) is 0.895. The fraction of sp³-hybridized carbons (Fsp3) is 0.588. The molecule has 2 heterocycles. The third-order valence-corrected chi connectivity index (χ3v) is 4.42. The number of benzene rings is 1. The Labute approximate surface area is 132 Å². The molecule has 5 heteroatoms. The number of ether oxygens (including phenoxy) is 1. The summed E-state index contributed by atoms with van der Waals surface area (Å²) in [6.07, 6.45) is 1.98. The third-order valence-electron chi connectivity index (χ3n) is 4.42. The lowest BCUT2D eigenvalue weighted by atomic mass is 10.0. The van der Waals surface area contributed by atoms with E-state index < -0.39 is 0 Å². The second-order valence-electron chi connectivity index (χ2n) is 6.32. The summed E-state index contributed by atoms with van der Waals surface area (Å²) in [5, 5.41) is 3.12. The smallest absolute Gasteiger partial charge is 0.234 e. The molecular formula is C17H25N3O2. The summed E-state index contributed by atoms with van der Waals surface area (Å²) >= 11 is 0. The van der Waals surface area contributed by atoms with Gasteiger partial charge in [0.05, 0.1) is 12.6 Å². The number of amides is 1. The molecular weight excluding hydrogens is 278 g/mol. The molecule has 5 nitrogen and oxygen atoms in total. The minimum Gasteiger partial charge on any atom is -0.491 e. The van der Waals surface area contributed by atoms with Crippen molar-refractivity contribution in [3.05, 3.63) is 29.8 Å². The van der Waals surface area contributed by atoms with Crippen molar-refractivity contribution in [2.75, 3.05) is 46.4 Å². The van der Waals surface area contributed by atoms with E-state index in [2.05, 4.69) is 28.2 Å². The molecule has 3 rings (SSSR count). The molecule has 1 amide bonds. The number of hydrogen-bond donors (Lipinski definition) is 1. The lowest BCUT2D eigenvalue weighted by Gasteiger charge is -2.27. The van der Waals surface area contributed by atoms with Crippen LogP contribution < -0.4 is 10.1 Å². The van der Waals surface area contributed by atoms with Crippen molar-refractivity contribution < 1.29 is 9.53 Å². The van der Waals surface area contributed by atoms with E-state index in [0.29, 0.717) is 13.2 Å². The van der Waals surface area contributed by atoms with E-state index in [1.165, 1.54) is 5.56 Å². The van der Waals surface area contributed by atoms with Crippen LogP contribution in [0, 0.1) is 0 Å². The summed E-state index contributed by atoms with van der Waals surface area (Å²) in [6.45, 7) is 5.17. The Hall–Kier alpha value is -1.59. The second kappa shape index (κ2) is 7.11. The Morgan fingerprint density at radius 2 is 2.14 bits per heavy atom. The average molecular weight is 303 g/mol. The van der Waals surface area contributed by atoms with Crippen LogP contribution in [-0.4, -0.2) is 68.1 Å². The summed E-state index contributed by atoms with van der Waals surface area (Å²) < 4.78 is 5.73. The Morgan fingerprint density at radius 1 is 1.27 bits per heavy atom. The van der Waals surface area contributed by atoms with Gasteiger partial charge in [-0.1, -0.05) is 18.2 Å². The molecule has 2 aliphatic heterocycles. The highest BCUT2D eigenvalue weighted by Gasteiger charge is 2.22. The zero-order chi connectivity index (χ0) is 15.4. The molecule has 0 radical (unpaired) electrons. The molecule has 1 fully saturated rings. The van der Waals surface area contributed by atoms with Gasteiger partial charge in [-0.25, -0.2) is 0 Å². The van der Waals surface area contributed by atoms with Gasteiger partial charge in [0, 0.05) is 13.1 Å². The van der Waals surface area contributed by atoms with E-state index in [0.717, 1.165) is 44.8 Å². The molecule has 2 aliphatic rings. The van der Waals surface area contributed by atoms with Gasteiger partial charge in [0.25, 0.3) is 0 Å². The molecule has 120 valence electrons. The maximum atomic E-state index is 12.3. The zero-order valence-corrected chi connectivity index (χ0v) is 13.3. The Kier molecular flexibility index (Phi) is 4.95. The molecule has 0 unspecified atom stereocenters. The fourth-order valence-electron chi connectivity index (χ4n) is 3.16. The van der Waals surface area contributed by atoms with Crippen LogP contribution in [-0.2, 0) is 11.2 Å². The van der Waals surface area contributed by atoms with Gasteiger partial charge in [0.1, 0.15) is 12.4 Å². The average Bonchev–Trinajstić information content (AvgIpc) is 2.72. The zero-order valence-electron chi connectivity index (χ0n) is 13.3. The van der Waals surface area contributed by atoms with Gasteiger partial charge in [-0.15, -0.1) is 0 Å². The molecule has 1 aromatic carbocycles. The van der Waals surface area contributed by atoms with E-state index in [-0.39, 0.29) is 11.9 Å². The first-order valence-electron chi connectivity index (χ1n) is 8.11. The lowest BCUT2D eigenvalue weighted by molar-refractivity contribution is -0.123. The number of carbonyl (C=O) groups is 1. The van der Waals surface area contributed by atoms with Crippen LogP contribution in [0.3, 0.4) is 0 Å². The van der Waals surface area contributed by atoms with Gasteiger partial charge in [0.15, 0.2) is 0 Å². The van der Waals surface area contributed by atoms with Crippen molar-refractivity contribution in [2.45, 2.75) is 18.9 Å². The van der Waals surface area contributed by atoms with Crippen LogP contribution in [0.25, 0.3) is 0 Å². The molecule has 0 aromatic heterocycles. The van der Waals surface area contributed by atoms with Gasteiger partial charge in [-0.2, -0.15) is 0 Å². The van der Waals surface area contributed by atoms with Crippen molar-refractivity contribution in [3.8, 4) is 5.75 Å². The van der Waals surface area contributed by atoms with Crippen LogP contribution in [0.2, 0.25) is 0 Å². The molecule has 1 aromatic rings. The molecule has 1 saturated heterocycles. The highest BCUT2D eigenvalue weighted by atomic mass is 16.5. The monoisotopic (exact) mass is 303 g/mol. The van der Waals surface area contributed by atoms with Crippen LogP contribution in [0.5, 0.6) is 5.75 Å². The highest BCUT2D eigenvalue weighted by Crippen LogP contribution is 2.23. The lowest BCUT2D eigenvalue weighted by Crippen LogP contribution is -2.47. The van der Waals surface area contributed by atoms with Gasteiger partial charge < -0.3 is 15.0 Å². The van der Waals surface area contributed by atoms with E-state index in [4.69, 9.17) is 4.74 Å². The summed E-state index contributed by atoms with van der Waals surface area (Å²) in [5.41, 5.74) is 1.18. The first-order chi connectivity index (χ1) is 10.7. The van der Waals surface area contributed by atoms with Crippen molar-refractivity contribution in [1.82, 2.24) is 15.1 Å². The predicted molar refractivity (Wildman–Crippen MR) is 86.1 cm³/mol. The number of carbonyl (C=O) groups excluding carboxylic acids is 1. The number of para-hydroxylation sites is 1. The van der Waals surface area contributed by atoms with Crippen molar-refractivity contribution in [3.63, 3.8) is 0 Å². The second-order valence-corrected chi connectivity index (χ2v) is 6.32. The van der Waals surface area contributed by atoms with Crippen molar-refractivity contribution in [1.29, 1.82) is 0 Å². The van der Waals surface area contributed by atoms with Gasteiger partial charge >= 0.3 is 0 Å². The number of fused-ring (bicyclic) bond motifs is 1. The van der Waals surface area contributed by atoms with E-state index >= 15 is 0 Å². The molecule has 0 aliphatic carbocycles. The minimum absolute atomic E-state index is 0.0806. The van der Waals surface area contributed by atoms with Crippen molar-refractivity contribution in [2.24, 2.45) is 0 Å². The standard InChI is InChI=1S/C17H25N3O2/c1-19-7-4-8-20(10-9-19)12-17(21)18-15-11-14-5-2-3-6-16(14)22-13-15/h2-3,5-6,15H,4,7-13H2,1H3,(H,18,21)/t15-/m1/s1. The molecule has 22 heavy (non-hydrogen) atoms. The largest absolute Gasteiger partial charge is 0.491 e. The SMILES string of the molecule is CN1CCCN(CC(=O)N[C@H]2COc3ccccc3C2)CC1. The summed E-state index contributed by atoms with van der Waals surface area (Å²) in [7, 11) is 2.14. The number of nitrogens with one attached hydrogen (secondary N) is 1. The molecule has 0 bridgehead atoms. The van der Waals surface area contributed by atoms with Crippen LogP contribution in [0.4, 0.5) is 0 Å². The van der Waals surface area contributed by atoms with Crippen LogP contribution >= 0.6 is 0 Å². The maximum absolute atomic E-state index is 12.3. The van der Waals surface area contributed by atoms with Gasteiger partial charge in [-0.05, 0) is 44.6 Å². The summed E-state index contributed by atoms with van der Waals surface area (Å²) in [4.78, 5) is 16.8. The Balaban J connectivity index is 1.48. The van der Waals surface area contributed by atoms with Gasteiger partial charge in [0.2, 0.25) is 5.91 Å². The predicted octanol–water partition coefficient (Wildman–Crippen LogP) is 0.744. The maximum Gasteiger partial charge on any atom is 0.234 e. The first kappa shape index (κ1) is 15.3. The number of nitrogens with zero attached hydrogens (tertiary/aromatic N) is 2. The summed E-state index contributed by atoms with van der Waals surface area (Å²) in [6, 6.07) is 8.13. The van der Waals surface area contributed by atoms with Crippen LogP contribution in [0.1, 0.15) is 12.0 Å². The normalized spacial score (nSPS) is 23.2. The van der Waals surface area contributed by atoms with E-state index in [9.17, 15) is 4.79 Å². The first-order valence-corrected chi connectivity index (χ1v) is 8.11. The number of rotatable bonds is 3.